The maximum Gasteiger partial charge on any atom is 0.391 e. The van der Waals surface area contributed by atoms with Crippen LogP contribution in [0, 0.1) is 11.8 Å². The van der Waals surface area contributed by atoms with Gasteiger partial charge in [-0.15, -0.1) is 0 Å². The molecule has 0 aliphatic heterocycles. The molecule has 118 valence electrons. The van der Waals surface area contributed by atoms with E-state index in [1.54, 1.807) is 18.2 Å². The third-order valence-corrected chi connectivity index (χ3v) is 4.76. The van der Waals surface area contributed by atoms with Crippen LogP contribution in [-0.2, 0) is 0 Å². The van der Waals surface area contributed by atoms with Crippen LogP contribution in [0.2, 0.25) is 10.0 Å². The number of hydrazine groups is 1. The summed E-state index contributed by atoms with van der Waals surface area (Å²) >= 11 is 12.1. The van der Waals surface area contributed by atoms with E-state index in [2.05, 4.69) is 5.43 Å². The number of alkyl halides is 3. The minimum absolute atomic E-state index is 0.0181. The highest BCUT2D eigenvalue weighted by molar-refractivity contribution is 6.33. The Hall–Kier alpha value is -0.490. The lowest BCUT2D eigenvalue weighted by Crippen LogP contribution is -2.37. The van der Waals surface area contributed by atoms with Gasteiger partial charge in [0, 0.05) is 10.0 Å². The monoisotopic (exact) mass is 340 g/mol. The summed E-state index contributed by atoms with van der Waals surface area (Å²) in [5.74, 6) is 4.41. The van der Waals surface area contributed by atoms with E-state index in [0.717, 1.165) is 5.56 Å². The highest BCUT2D eigenvalue weighted by Gasteiger charge is 2.42. The smallest absolute Gasteiger partial charge is 0.271 e. The summed E-state index contributed by atoms with van der Waals surface area (Å²) in [6.45, 7) is 0. The van der Waals surface area contributed by atoms with E-state index in [1.807, 2.05) is 0 Å². The Morgan fingerprint density at radius 1 is 1.14 bits per heavy atom. The van der Waals surface area contributed by atoms with Crippen LogP contribution in [0.25, 0.3) is 0 Å². The van der Waals surface area contributed by atoms with Crippen LogP contribution < -0.4 is 11.3 Å². The Labute approximate surface area is 131 Å². The van der Waals surface area contributed by atoms with E-state index >= 15 is 0 Å². The Morgan fingerprint density at radius 3 is 2.29 bits per heavy atom. The first kappa shape index (κ1) is 16.9. The van der Waals surface area contributed by atoms with Crippen LogP contribution in [0.1, 0.15) is 37.3 Å². The lowest BCUT2D eigenvalue weighted by Gasteiger charge is -2.34. The lowest BCUT2D eigenvalue weighted by atomic mass is 9.76. The van der Waals surface area contributed by atoms with Crippen molar-refractivity contribution in [3.63, 3.8) is 0 Å². The van der Waals surface area contributed by atoms with Crippen molar-refractivity contribution < 1.29 is 13.2 Å². The summed E-state index contributed by atoms with van der Waals surface area (Å²) in [6.07, 6.45) is -2.93. The fourth-order valence-electron chi connectivity index (χ4n) is 3.01. The van der Waals surface area contributed by atoms with Crippen molar-refractivity contribution >= 4 is 23.2 Å². The summed E-state index contributed by atoms with van der Waals surface area (Å²) in [5, 5.41) is 1.04. The largest absolute Gasteiger partial charge is 0.391 e. The Kier molecular flexibility index (Phi) is 5.41. The van der Waals surface area contributed by atoms with Crippen LogP contribution in [-0.4, -0.2) is 6.18 Å². The molecule has 0 spiro atoms. The van der Waals surface area contributed by atoms with E-state index in [4.69, 9.17) is 29.0 Å². The second-order valence-corrected chi connectivity index (χ2v) is 6.31. The van der Waals surface area contributed by atoms with Crippen molar-refractivity contribution in [1.29, 1.82) is 0 Å². The first-order valence-electron chi connectivity index (χ1n) is 6.80. The topological polar surface area (TPSA) is 38.0 Å². The van der Waals surface area contributed by atoms with Gasteiger partial charge in [-0.2, -0.15) is 13.2 Å². The van der Waals surface area contributed by atoms with Gasteiger partial charge in [-0.1, -0.05) is 23.2 Å². The van der Waals surface area contributed by atoms with Crippen LogP contribution in [0.5, 0.6) is 0 Å². The highest BCUT2D eigenvalue weighted by Crippen LogP contribution is 2.44. The van der Waals surface area contributed by atoms with Gasteiger partial charge in [-0.3, -0.25) is 11.3 Å². The maximum atomic E-state index is 12.7. The van der Waals surface area contributed by atoms with Gasteiger partial charge in [-0.25, -0.2) is 0 Å². The molecule has 3 N–H and O–H groups in total. The van der Waals surface area contributed by atoms with Crippen LogP contribution in [0.3, 0.4) is 0 Å². The van der Waals surface area contributed by atoms with Crippen molar-refractivity contribution in [2.24, 2.45) is 17.7 Å². The molecular weight excluding hydrogens is 324 g/mol. The second-order valence-electron chi connectivity index (χ2n) is 5.46. The minimum atomic E-state index is -4.11. The highest BCUT2D eigenvalue weighted by atomic mass is 35.5. The number of halogens is 5. The summed E-state index contributed by atoms with van der Waals surface area (Å²) in [5.41, 5.74) is 3.42. The summed E-state index contributed by atoms with van der Waals surface area (Å²) in [6, 6.07) is 4.77. The van der Waals surface area contributed by atoms with Gasteiger partial charge >= 0.3 is 6.18 Å². The molecule has 1 fully saturated rings. The Morgan fingerprint density at radius 2 is 1.76 bits per heavy atom. The quantitative estimate of drug-likeness (QED) is 0.608. The summed E-state index contributed by atoms with van der Waals surface area (Å²) in [7, 11) is 0. The average Bonchev–Trinajstić information content (AvgIpc) is 2.43. The molecule has 0 amide bonds. The van der Waals surface area contributed by atoms with E-state index in [1.165, 1.54) is 0 Å². The molecule has 7 heteroatoms. The molecule has 1 unspecified atom stereocenters. The SMILES string of the molecule is NNC(c1cc(Cl)ccc1Cl)C1CCC(C(F)(F)F)CC1. The molecule has 1 aromatic carbocycles. The zero-order valence-electron chi connectivity index (χ0n) is 11.3. The van der Waals surface area contributed by atoms with Crippen molar-refractivity contribution in [2.45, 2.75) is 37.9 Å². The third kappa shape index (κ3) is 4.03. The first-order chi connectivity index (χ1) is 9.82. The lowest BCUT2D eigenvalue weighted by molar-refractivity contribution is -0.184. The van der Waals surface area contributed by atoms with E-state index in [-0.39, 0.29) is 24.8 Å². The summed E-state index contributed by atoms with van der Waals surface area (Å²) < 4.78 is 38.1. The van der Waals surface area contributed by atoms with Crippen LogP contribution >= 0.6 is 23.2 Å². The van der Waals surface area contributed by atoms with Gasteiger partial charge in [0.15, 0.2) is 0 Å². The molecule has 1 aliphatic rings. The number of nitrogens with two attached hydrogens (primary N) is 1. The Balaban J connectivity index is 2.11. The fraction of sp³-hybridized carbons (Fsp3) is 0.571. The number of rotatable bonds is 3. The molecule has 0 saturated heterocycles. The predicted molar refractivity (Wildman–Crippen MR) is 78.0 cm³/mol. The molecule has 21 heavy (non-hydrogen) atoms. The normalized spacial score (nSPS) is 24.9. The molecule has 1 atom stereocenters. The molecule has 2 nitrogen and oxygen atoms in total. The average molecular weight is 341 g/mol. The second kappa shape index (κ2) is 6.73. The van der Waals surface area contributed by atoms with Crippen LogP contribution in [0.15, 0.2) is 18.2 Å². The maximum absolute atomic E-state index is 12.7. The van der Waals surface area contributed by atoms with E-state index in [9.17, 15) is 13.2 Å². The van der Waals surface area contributed by atoms with Gasteiger partial charge < -0.3 is 0 Å². The molecule has 0 aromatic heterocycles. The van der Waals surface area contributed by atoms with Crippen molar-refractivity contribution in [3.05, 3.63) is 33.8 Å². The van der Waals surface area contributed by atoms with Crippen molar-refractivity contribution in [1.82, 2.24) is 5.43 Å². The van der Waals surface area contributed by atoms with Crippen LogP contribution in [0.4, 0.5) is 13.2 Å². The summed E-state index contributed by atoms with van der Waals surface area (Å²) in [4.78, 5) is 0. The Bertz CT molecular complexity index is 486. The van der Waals surface area contributed by atoms with Crippen molar-refractivity contribution in [2.75, 3.05) is 0 Å². The zero-order chi connectivity index (χ0) is 15.6. The van der Waals surface area contributed by atoms with Gasteiger partial charge in [0.1, 0.15) is 0 Å². The number of benzene rings is 1. The first-order valence-corrected chi connectivity index (χ1v) is 7.56. The van der Waals surface area contributed by atoms with Gasteiger partial charge in [0.25, 0.3) is 0 Å². The molecular formula is C14H17Cl2F3N2. The third-order valence-electron chi connectivity index (χ3n) is 4.18. The van der Waals surface area contributed by atoms with Gasteiger partial charge in [-0.05, 0) is 55.4 Å². The molecule has 1 aliphatic carbocycles. The predicted octanol–water partition coefficient (Wildman–Crippen LogP) is 4.87. The number of hydrogen-bond donors (Lipinski definition) is 2. The van der Waals surface area contributed by atoms with E-state index < -0.39 is 12.1 Å². The number of nitrogens with one attached hydrogen (secondary N) is 1. The standard InChI is InChI=1S/C14H17Cl2F3N2/c15-10-5-6-12(16)11(7-10)13(21-20)8-1-3-9(4-2-8)14(17,18)19/h5-9,13,21H,1-4,20H2. The molecule has 0 bridgehead atoms. The molecule has 1 aromatic rings. The van der Waals surface area contributed by atoms with E-state index in [0.29, 0.717) is 22.9 Å². The molecule has 1 saturated carbocycles. The molecule has 2 rings (SSSR count). The zero-order valence-corrected chi connectivity index (χ0v) is 12.8. The van der Waals surface area contributed by atoms with Gasteiger partial charge in [0.2, 0.25) is 0 Å². The molecule has 0 heterocycles. The fourth-order valence-corrected chi connectivity index (χ4v) is 3.43. The minimum Gasteiger partial charge on any atom is -0.271 e. The number of hydrogen-bond acceptors (Lipinski definition) is 2. The molecule has 0 radical (unpaired) electrons. The van der Waals surface area contributed by atoms with Gasteiger partial charge in [0.05, 0.1) is 12.0 Å². The van der Waals surface area contributed by atoms with Crippen molar-refractivity contribution in [3.8, 4) is 0 Å².